The number of methoxy groups -OCH3 is 1. The van der Waals surface area contributed by atoms with Gasteiger partial charge in [0, 0.05) is 5.02 Å². The number of hydrogen-bond acceptors (Lipinski definition) is 2. The van der Waals surface area contributed by atoms with E-state index in [1.807, 2.05) is 36.4 Å². The summed E-state index contributed by atoms with van der Waals surface area (Å²) in [5.74, 6) is 1.51. The summed E-state index contributed by atoms with van der Waals surface area (Å²) in [4.78, 5) is 7.80. The van der Waals surface area contributed by atoms with Gasteiger partial charge >= 0.3 is 0 Å². The molecule has 0 unspecified atom stereocenters. The number of hydrogen-bond donors (Lipinski definition) is 1. The summed E-state index contributed by atoms with van der Waals surface area (Å²) in [6.07, 6.45) is 0. The van der Waals surface area contributed by atoms with Crippen LogP contribution in [0.2, 0.25) is 5.02 Å². The number of fused-ring (bicyclic) bond motifs is 1. The minimum atomic E-state index is 0.659. The molecule has 0 aliphatic heterocycles. The molecule has 0 spiro atoms. The molecule has 1 aromatic heterocycles. The van der Waals surface area contributed by atoms with Crippen molar-refractivity contribution in [3.63, 3.8) is 0 Å². The summed E-state index contributed by atoms with van der Waals surface area (Å²) in [5.41, 5.74) is 2.78. The minimum absolute atomic E-state index is 0.659. The summed E-state index contributed by atoms with van der Waals surface area (Å²) in [6.45, 7) is 0. The molecule has 18 heavy (non-hydrogen) atoms. The summed E-state index contributed by atoms with van der Waals surface area (Å²) in [7, 11) is 1.63. The third-order valence-electron chi connectivity index (χ3n) is 2.81. The maximum absolute atomic E-state index is 6.03. The first-order valence-electron chi connectivity index (χ1n) is 5.56. The number of imidazole rings is 1. The molecule has 0 bridgehead atoms. The molecule has 1 N–H and O–H groups in total. The lowest BCUT2D eigenvalue weighted by molar-refractivity contribution is 0.416. The third kappa shape index (κ3) is 1.83. The maximum Gasteiger partial charge on any atom is 0.142 e. The molecule has 3 aromatic rings. The molecular weight excluding hydrogens is 248 g/mol. The van der Waals surface area contributed by atoms with Gasteiger partial charge in [0.05, 0.1) is 23.7 Å². The fourth-order valence-corrected chi connectivity index (χ4v) is 2.12. The van der Waals surface area contributed by atoms with Gasteiger partial charge < -0.3 is 9.72 Å². The number of aromatic amines is 1. The first kappa shape index (κ1) is 11.1. The summed E-state index contributed by atoms with van der Waals surface area (Å²) < 4.78 is 5.33. The van der Waals surface area contributed by atoms with Gasteiger partial charge in [-0.2, -0.15) is 0 Å². The van der Waals surface area contributed by atoms with E-state index in [4.69, 9.17) is 16.3 Å². The first-order valence-corrected chi connectivity index (χ1v) is 5.94. The second kappa shape index (κ2) is 4.35. The highest BCUT2D eigenvalue weighted by molar-refractivity contribution is 6.30. The fraction of sp³-hybridized carbons (Fsp3) is 0.0714. The van der Waals surface area contributed by atoms with Crippen molar-refractivity contribution in [1.82, 2.24) is 9.97 Å². The predicted molar refractivity (Wildman–Crippen MR) is 73.1 cm³/mol. The highest BCUT2D eigenvalue weighted by Gasteiger charge is 2.10. The van der Waals surface area contributed by atoms with Crippen LogP contribution in [-0.4, -0.2) is 17.1 Å². The number of halogens is 1. The van der Waals surface area contributed by atoms with Crippen LogP contribution in [0.4, 0.5) is 0 Å². The van der Waals surface area contributed by atoms with E-state index in [1.165, 1.54) is 0 Å². The van der Waals surface area contributed by atoms with Gasteiger partial charge in [-0.25, -0.2) is 4.98 Å². The van der Waals surface area contributed by atoms with Gasteiger partial charge in [-0.3, -0.25) is 0 Å². The van der Waals surface area contributed by atoms with Crippen molar-refractivity contribution in [1.29, 1.82) is 0 Å². The fourth-order valence-electron chi connectivity index (χ4n) is 1.95. The predicted octanol–water partition coefficient (Wildman–Crippen LogP) is 3.89. The molecule has 0 saturated carbocycles. The van der Waals surface area contributed by atoms with E-state index in [1.54, 1.807) is 13.2 Å². The van der Waals surface area contributed by atoms with Gasteiger partial charge in [0.1, 0.15) is 11.6 Å². The molecule has 0 fully saturated rings. The molecule has 90 valence electrons. The van der Waals surface area contributed by atoms with Gasteiger partial charge in [0.25, 0.3) is 0 Å². The Kier molecular flexibility index (Phi) is 2.68. The summed E-state index contributed by atoms with van der Waals surface area (Å²) >= 11 is 6.03. The van der Waals surface area contributed by atoms with E-state index in [9.17, 15) is 0 Å². The van der Waals surface area contributed by atoms with E-state index in [0.29, 0.717) is 5.02 Å². The largest absolute Gasteiger partial charge is 0.496 e. The molecule has 0 saturated heterocycles. The minimum Gasteiger partial charge on any atom is -0.496 e. The van der Waals surface area contributed by atoms with E-state index < -0.39 is 0 Å². The average Bonchev–Trinajstić information content (AvgIpc) is 2.82. The van der Waals surface area contributed by atoms with E-state index in [2.05, 4.69) is 9.97 Å². The van der Waals surface area contributed by atoms with Gasteiger partial charge in [-0.15, -0.1) is 0 Å². The lowest BCUT2D eigenvalue weighted by atomic mass is 10.2. The maximum atomic E-state index is 6.03. The lowest BCUT2D eigenvalue weighted by Crippen LogP contribution is -1.89. The Labute approximate surface area is 109 Å². The first-order chi connectivity index (χ1) is 8.78. The number of ether oxygens (including phenoxy) is 1. The van der Waals surface area contributed by atoms with Crippen LogP contribution in [0.5, 0.6) is 5.75 Å². The number of para-hydroxylation sites is 2. The zero-order valence-electron chi connectivity index (χ0n) is 9.77. The van der Waals surface area contributed by atoms with Crippen molar-refractivity contribution >= 4 is 22.6 Å². The van der Waals surface area contributed by atoms with Crippen molar-refractivity contribution < 1.29 is 4.74 Å². The average molecular weight is 259 g/mol. The molecule has 0 aliphatic rings. The van der Waals surface area contributed by atoms with Crippen LogP contribution in [0, 0.1) is 0 Å². The summed E-state index contributed by atoms with van der Waals surface area (Å²) in [6, 6.07) is 13.4. The van der Waals surface area contributed by atoms with Crippen LogP contribution in [0.3, 0.4) is 0 Å². The molecular formula is C14H11ClN2O. The zero-order valence-corrected chi connectivity index (χ0v) is 10.5. The molecule has 2 aromatic carbocycles. The molecule has 0 amide bonds. The number of nitrogens with zero attached hydrogens (tertiary/aromatic N) is 1. The zero-order chi connectivity index (χ0) is 12.5. The van der Waals surface area contributed by atoms with Gasteiger partial charge in [0.2, 0.25) is 0 Å². The molecule has 1 heterocycles. The van der Waals surface area contributed by atoms with Crippen LogP contribution in [0.25, 0.3) is 22.4 Å². The Morgan fingerprint density at radius 2 is 2.00 bits per heavy atom. The van der Waals surface area contributed by atoms with Gasteiger partial charge in [-0.05, 0) is 30.3 Å². The number of benzene rings is 2. The van der Waals surface area contributed by atoms with Crippen molar-refractivity contribution in [2.75, 3.05) is 7.11 Å². The van der Waals surface area contributed by atoms with Crippen LogP contribution in [0.15, 0.2) is 42.5 Å². The Morgan fingerprint density at radius 1 is 1.17 bits per heavy atom. The number of H-pyrrole nitrogens is 1. The molecule has 0 aliphatic carbocycles. The standard InChI is InChI=1S/C14H11ClN2O/c1-18-13-7-6-9(15)8-10(13)14-16-11-4-2-3-5-12(11)17-14/h2-8H,1H3,(H,16,17). The van der Waals surface area contributed by atoms with Crippen molar-refractivity contribution in [2.45, 2.75) is 0 Å². The van der Waals surface area contributed by atoms with E-state index in [-0.39, 0.29) is 0 Å². The van der Waals surface area contributed by atoms with Crippen LogP contribution in [-0.2, 0) is 0 Å². The van der Waals surface area contributed by atoms with Gasteiger partial charge in [0.15, 0.2) is 0 Å². The Bertz CT molecular complexity index is 673. The van der Waals surface area contributed by atoms with Crippen molar-refractivity contribution in [2.24, 2.45) is 0 Å². The lowest BCUT2D eigenvalue weighted by Gasteiger charge is -2.05. The second-order valence-electron chi connectivity index (χ2n) is 3.95. The SMILES string of the molecule is COc1ccc(Cl)cc1-c1nc2ccccc2[nH]1. The Hall–Kier alpha value is -2.00. The monoisotopic (exact) mass is 258 g/mol. The third-order valence-corrected chi connectivity index (χ3v) is 3.04. The highest BCUT2D eigenvalue weighted by Crippen LogP contribution is 2.31. The molecule has 3 nitrogen and oxygen atoms in total. The number of aromatic nitrogens is 2. The van der Waals surface area contributed by atoms with Crippen LogP contribution in [0.1, 0.15) is 0 Å². The van der Waals surface area contributed by atoms with Crippen LogP contribution >= 0.6 is 11.6 Å². The van der Waals surface area contributed by atoms with Crippen molar-refractivity contribution in [3.8, 4) is 17.1 Å². The molecule has 0 atom stereocenters. The smallest absolute Gasteiger partial charge is 0.142 e. The topological polar surface area (TPSA) is 37.9 Å². The second-order valence-corrected chi connectivity index (χ2v) is 4.38. The number of rotatable bonds is 2. The normalized spacial score (nSPS) is 10.8. The quantitative estimate of drug-likeness (QED) is 0.757. The molecule has 4 heteroatoms. The molecule has 0 radical (unpaired) electrons. The van der Waals surface area contributed by atoms with Crippen molar-refractivity contribution in [3.05, 3.63) is 47.5 Å². The van der Waals surface area contributed by atoms with Gasteiger partial charge in [-0.1, -0.05) is 23.7 Å². The van der Waals surface area contributed by atoms with E-state index >= 15 is 0 Å². The van der Waals surface area contributed by atoms with E-state index in [0.717, 1.165) is 28.2 Å². The Balaban J connectivity index is 2.22. The number of nitrogens with one attached hydrogen (secondary N) is 1. The molecule has 3 rings (SSSR count). The highest BCUT2D eigenvalue weighted by atomic mass is 35.5. The Morgan fingerprint density at radius 3 is 2.78 bits per heavy atom. The summed E-state index contributed by atoms with van der Waals surface area (Å²) in [5, 5.41) is 0.659. The van der Waals surface area contributed by atoms with Crippen LogP contribution < -0.4 is 4.74 Å².